The van der Waals surface area contributed by atoms with Gasteiger partial charge in [-0.25, -0.2) is 0 Å². The Hall–Kier alpha value is -0.120. The van der Waals surface area contributed by atoms with Crippen molar-refractivity contribution in [3.63, 3.8) is 0 Å². The Labute approximate surface area is 61.6 Å². The highest BCUT2D eigenvalue weighted by Crippen LogP contribution is 1.92. The summed E-state index contributed by atoms with van der Waals surface area (Å²) in [5.74, 6) is 0. The van der Waals surface area contributed by atoms with Gasteiger partial charge in [0.25, 0.3) is 0 Å². The fourth-order valence-electron chi connectivity index (χ4n) is 0.488. The summed E-state index contributed by atoms with van der Waals surface area (Å²) in [4.78, 5) is 0. The molecule has 0 aromatic carbocycles. The summed E-state index contributed by atoms with van der Waals surface area (Å²) in [6.45, 7) is 4.41. The maximum absolute atomic E-state index is 8.98. The maximum atomic E-state index is 8.98. The Morgan fingerprint density at radius 2 is 2.00 bits per heavy atom. The van der Waals surface area contributed by atoms with E-state index in [1.54, 1.807) is 6.92 Å². The minimum atomic E-state index is -0.744. The van der Waals surface area contributed by atoms with E-state index >= 15 is 0 Å². The molecule has 0 fully saturated rings. The predicted octanol–water partition coefficient (Wildman–Crippen LogP) is 0.155. The molecule has 0 saturated carbocycles. The summed E-state index contributed by atoms with van der Waals surface area (Å²) in [5.41, 5.74) is 0. The van der Waals surface area contributed by atoms with Crippen LogP contribution in [-0.2, 0) is 4.74 Å². The number of rotatable bonds is 5. The average Bonchev–Trinajstić information content (AvgIpc) is 1.88. The molecule has 0 saturated heterocycles. The van der Waals surface area contributed by atoms with Gasteiger partial charge in [0.1, 0.15) is 6.10 Å². The van der Waals surface area contributed by atoms with E-state index in [4.69, 9.17) is 14.9 Å². The second-order valence-electron chi connectivity index (χ2n) is 2.38. The van der Waals surface area contributed by atoms with Gasteiger partial charge >= 0.3 is 0 Å². The van der Waals surface area contributed by atoms with E-state index in [0.717, 1.165) is 6.42 Å². The second kappa shape index (κ2) is 5.65. The topological polar surface area (TPSA) is 49.7 Å². The second-order valence-corrected chi connectivity index (χ2v) is 2.38. The van der Waals surface area contributed by atoms with Crippen molar-refractivity contribution in [3.05, 3.63) is 0 Å². The molecule has 62 valence electrons. The van der Waals surface area contributed by atoms with Crippen molar-refractivity contribution in [2.75, 3.05) is 13.2 Å². The first-order chi connectivity index (χ1) is 4.68. The third-order valence-electron chi connectivity index (χ3n) is 1.19. The third kappa shape index (κ3) is 4.73. The van der Waals surface area contributed by atoms with Gasteiger partial charge in [-0.3, -0.25) is 0 Å². The van der Waals surface area contributed by atoms with E-state index in [1.807, 2.05) is 6.92 Å². The Morgan fingerprint density at radius 1 is 1.40 bits per heavy atom. The van der Waals surface area contributed by atoms with Crippen LogP contribution in [0.4, 0.5) is 0 Å². The number of aliphatic hydroxyl groups is 2. The number of hydrogen-bond donors (Lipinski definition) is 2. The molecule has 2 atom stereocenters. The molecular formula is C7H16O3. The fourth-order valence-corrected chi connectivity index (χ4v) is 0.488. The van der Waals surface area contributed by atoms with Crippen LogP contribution in [0.2, 0.25) is 0 Å². The van der Waals surface area contributed by atoms with Gasteiger partial charge in [-0.1, -0.05) is 6.92 Å². The lowest BCUT2D eigenvalue weighted by atomic mass is 10.2. The zero-order chi connectivity index (χ0) is 7.98. The SMILES string of the molecule is CCCOCC(O)C(C)O. The molecule has 0 rings (SSSR count). The first-order valence-electron chi connectivity index (χ1n) is 3.62. The smallest absolute Gasteiger partial charge is 0.103 e. The summed E-state index contributed by atoms with van der Waals surface area (Å²) in [7, 11) is 0. The Balaban J connectivity index is 3.13. The molecule has 0 aliphatic heterocycles. The minimum absolute atomic E-state index is 0.228. The zero-order valence-electron chi connectivity index (χ0n) is 6.58. The number of hydrogen-bond acceptors (Lipinski definition) is 3. The standard InChI is InChI=1S/C7H16O3/c1-3-4-10-5-7(9)6(2)8/h6-9H,3-5H2,1-2H3. The summed E-state index contributed by atoms with van der Waals surface area (Å²) in [6, 6.07) is 0. The normalized spacial score (nSPS) is 16.8. The zero-order valence-corrected chi connectivity index (χ0v) is 6.58. The predicted molar refractivity (Wildman–Crippen MR) is 38.8 cm³/mol. The first-order valence-corrected chi connectivity index (χ1v) is 3.62. The quantitative estimate of drug-likeness (QED) is 0.546. The number of ether oxygens (including phenoxy) is 1. The van der Waals surface area contributed by atoms with E-state index in [-0.39, 0.29) is 6.61 Å². The minimum Gasteiger partial charge on any atom is -0.391 e. The van der Waals surface area contributed by atoms with Crippen LogP contribution in [0.5, 0.6) is 0 Å². The van der Waals surface area contributed by atoms with Crippen molar-refractivity contribution in [1.82, 2.24) is 0 Å². The van der Waals surface area contributed by atoms with Crippen molar-refractivity contribution in [3.8, 4) is 0 Å². The van der Waals surface area contributed by atoms with Gasteiger partial charge in [-0.15, -0.1) is 0 Å². The molecular weight excluding hydrogens is 132 g/mol. The molecule has 0 aromatic rings. The van der Waals surface area contributed by atoms with E-state index in [0.29, 0.717) is 6.61 Å². The molecule has 0 aliphatic carbocycles. The van der Waals surface area contributed by atoms with Gasteiger partial charge in [-0.05, 0) is 13.3 Å². The highest BCUT2D eigenvalue weighted by molar-refractivity contribution is 4.59. The number of aliphatic hydroxyl groups excluding tert-OH is 2. The lowest BCUT2D eigenvalue weighted by Crippen LogP contribution is -2.27. The molecule has 0 radical (unpaired) electrons. The average molecular weight is 148 g/mol. The van der Waals surface area contributed by atoms with Crippen molar-refractivity contribution in [1.29, 1.82) is 0 Å². The van der Waals surface area contributed by atoms with Crippen LogP contribution >= 0.6 is 0 Å². The van der Waals surface area contributed by atoms with E-state index in [1.165, 1.54) is 0 Å². The lowest BCUT2D eigenvalue weighted by molar-refractivity contribution is -0.0301. The van der Waals surface area contributed by atoms with Gasteiger partial charge in [-0.2, -0.15) is 0 Å². The Morgan fingerprint density at radius 3 is 2.40 bits per heavy atom. The molecule has 2 N–H and O–H groups in total. The molecule has 0 heterocycles. The monoisotopic (exact) mass is 148 g/mol. The molecule has 2 unspecified atom stereocenters. The van der Waals surface area contributed by atoms with Crippen LogP contribution < -0.4 is 0 Å². The van der Waals surface area contributed by atoms with E-state index in [2.05, 4.69) is 0 Å². The summed E-state index contributed by atoms with van der Waals surface area (Å²) < 4.78 is 5.00. The van der Waals surface area contributed by atoms with Crippen molar-refractivity contribution in [2.24, 2.45) is 0 Å². The van der Waals surface area contributed by atoms with Gasteiger partial charge < -0.3 is 14.9 Å². The first kappa shape index (κ1) is 9.88. The molecule has 0 spiro atoms. The summed E-state index contributed by atoms with van der Waals surface area (Å²) in [5, 5.41) is 17.8. The van der Waals surface area contributed by atoms with Crippen LogP contribution in [-0.4, -0.2) is 35.6 Å². The highest BCUT2D eigenvalue weighted by atomic mass is 16.5. The van der Waals surface area contributed by atoms with Gasteiger partial charge in [0.2, 0.25) is 0 Å². The van der Waals surface area contributed by atoms with Crippen molar-refractivity contribution < 1.29 is 14.9 Å². The fraction of sp³-hybridized carbons (Fsp3) is 1.00. The van der Waals surface area contributed by atoms with Crippen molar-refractivity contribution >= 4 is 0 Å². The molecule has 10 heavy (non-hydrogen) atoms. The van der Waals surface area contributed by atoms with Gasteiger partial charge in [0.15, 0.2) is 0 Å². The molecule has 3 nitrogen and oxygen atoms in total. The summed E-state index contributed by atoms with van der Waals surface area (Å²) >= 11 is 0. The lowest BCUT2D eigenvalue weighted by Gasteiger charge is -2.12. The maximum Gasteiger partial charge on any atom is 0.103 e. The Bertz CT molecular complexity index is 73.3. The van der Waals surface area contributed by atoms with Crippen LogP contribution in [0.1, 0.15) is 20.3 Å². The van der Waals surface area contributed by atoms with E-state index in [9.17, 15) is 0 Å². The molecule has 0 amide bonds. The molecule has 3 heteroatoms. The Kier molecular flexibility index (Phi) is 5.58. The molecule has 0 bridgehead atoms. The van der Waals surface area contributed by atoms with Crippen molar-refractivity contribution in [2.45, 2.75) is 32.5 Å². The van der Waals surface area contributed by atoms with Crippen LogP contribution in [0, 0.1) is 0 Å². The van der Waals surface area contributed by atoms with Gasteiger partial charge in [0.05, 0.1) is 12.7 Å². The summed E-state index contributed by atoms with van der Waals surface area (Å²) in [6.07, 6.45) is -0.504. The van der Waals surface area contributed by atoms with Gasteiger partial charge in [0, 0.05) is 6.61 Å². The molecule has 0 aliphatic rings. The van der Waals surface area contributed by atoms with Crippen LogP contribution in [0.3, 0.4) is 0 Å². The van der Waals surface area contributed by atoms with E-state index < -0.39 is 12.2 Å². The largest absolute Gasteiger partial charge is 0.391 e. The molecule has 0 aromatic heterocycles. The van der Waals surface area contributed by atoms with Crippen LogP contribution in [0.25, 0.3) is 0 Å². The highest BCUT2D eigenvalue weighted by Gasteiger charge is 2.09. The van der Waals surface area contributed by atoms with Crippen LogP contribution in [0.15, 0.2) is 0 Å². The third-order valence-corrected chi connectivity index (χ3v) is 1.19.